The maximum Gasteiger partial charge on any atom is 0.259 e. The molecule has 1 aliphatic heterocycles. The van der Waals surface area contributed by atoms with E-state index >= 15 is 0 Å². The van der Waals surface area contributed by atoms with Gasteiger partial charge in [0.15, 0.2) is 0 Å². The molecule has 1 fully saturated rings. The van der Waals surface area contributed by atoms with Crippen molar-refractivity contribution in [3.8, 4) is 11.6 Å². The van der Waals surface area contributed by atoms with Crippen molar-refractivity contribution < 1.29 is 9.53 Å². The van der Waals surface area contributed by atoms with Crippen LogP contribution >= 0.6 is 15.9 Å². The number of carbonyl (C=O) groups excluding carboxylic acids is 1. The lowest BCUT2D eigenvalue weighted by atomic mass is 9.98. The van der Waals surface area contributed by atoms with Crippen LogP contribution in [0.25, 0.3) is 0 Å². The topological polar surface area (TPSA) is 45.7 Å². The summed E-state index contributed by atoms with van der Waals surface area (Å²) in [6, 6.07) is 11.1. The molecule has 2 aromatic rings. The molecule has 1 amide bonds. The summed E-state index contributed by atoms with van der Waals surface area (Å²) >= 11 is 3.46. The number of piperidine rings is 1. The molecule has 6 heteroatoms. The summed E-state index contributed by atoms with van der Waals surface area (Å²) in [6.45, 7) is 2.91. The van der Waals surface area contributed by atoms with Crippen molar-refractivity contribution in [1.29, 1.82) is 0 Å². The molecule has 2 heterocycles. The number of nitrogens with zero attached hydrogens (tertiary/aromatic N) is 3. The Morgan fingerprint density at radius 1 is 1.35 bits per heavy atom. The quantitative estimate of drug-likeness (QED) is 0.735. The van der Waals surface area contributed by atoms with Crippen molar-refractivity contribution in [3.63, 3.8) is 0 Å². The Bertz CT molecular complexity index is 768. The van der Waals surface area contributed by atoms with Crippen molar-refractivity contribution >= 4 is 21.8 Å². The third kappa shape index (κ3) is 4.62. The van der Waals surface area contributed by atoms with E-state index in [9.17, 15) is 4.79 Å². The molecular formula is C20H24BrN3O2. The zero-order chi connectivity index (χ0) is 18.5. The van der Waals surface area contributed by atoms with Gasteiger partial charge in [-0.25, -0.2) is 4.98 Å². The summed E-state index contributed by atoms with van der Waals surface area (Å²) in [4.78, 5) is 21.4. The van der Waals surface area contributed by atoms with Crippen LogP contribution in [0.4, 0.5) is 0 Å². The molecule has 26 heavy (non-hydrogen) atoms. The zero-order valence-corrected chi connectivity index (χ0v) is 16.8. The van der Waals surface area contributed by atoms with Crippen molar-refractivity contribution in [2.24, 2.45) is 5.92 Å². The zero-order valence-electron chi connectivity index (χ0n) is 15.2. The van der Waals surface area contributed by atoms with E-state index in [1.165, 1.54) is 6.42 Å². The molecule has 138 valence electrons. The van der Waals surface area contributed by atoms with Crippen LogP contribution in [0, 0.1) is 5.92 Å². The third-order valence-electron chi connectivity index (χ3n) is 4.65. The van der Waals surface area contributed by atoms with Crippen molar-refractivity contribution in [1.82, 2.24) is 14.8 Å². The second-order valence-corrected chi connectivity index (χ2v) is 7.70. The van der Waals surface area contributed by atoms with E-state index in [0.29, 0.717) is 23.1 Å². The Morgan fingerprint density at radius 2 is 2.15 bits per heavy atom. The average molecular weight is 418 g/mol. The molecule has 0 N–H and O–H groups in total. The van der Waals surface area contributed by atoms with E-state index in [2.05, 4.69) is 32.9 Å². The van der Waals surface area contributed by atoms with E-state index in [1.54, 1.807) is 23.2 Å². The Balaban J connectivity index is 1.74. The first kappa shape index (κ1) is 18.9. The molecule has 0 radical (unpaired) electrons. The van der Waals surface area contributed by atoms with Gasteiger partial charge in [-0.2, -0.15) is 0 Å². The van der Waals surface area contributed by atoms with Gasteiger partial charge in [-0.3, -0.25) is 4.79 Å². The van der Waals surface area contributed by atoms with Gasteiger partial charge in [-0.05, 0) is 72.5 Å². The fraction of sp³-hybridized carbons (Fsp3) is 0.400. The van der Waals surface area contributed by atoms with E-state index in [0.717, 1.165) is 30.5 Å². The minimum atomic E-state index is -0.0617. The monoisotopic (exact) mass is 417 g/mol. The van der Waals surface area contributed by atoms with Crippen LogP contribution in [0.3, 0.4) is 0 Å². The summed E-state index contributed by atoms with van der Waals surface area (Å²) in [5.74, 6) is 1.41. The van der Waals surface area contributed by atoms with Gasteiger partial charge in [0.1, 0.15) is 11.3 Å². The first-order valence-corrected chi connectivity index (χ1v) is 9.65. The summed E-state index contributed by atoms with van der Waals surface area (Å²) in [7, 11) is 3.99. The van der Waals surface area contributed by atoms with Gasteiger partial charge in [-0.1, -0.05) is 12.1 Å². The maximum absolute atomic E-state index is 13.0. The van der Waals surface area contributed by atoms with Crippen LogP contribution < -0.4 is 4.74 Å². The van der Waals surface area contributed by atoms with E-state index in [4.69, 9.17) is 4.74 Å². The van der Waals surface area contributed by atoms with Gasteiger partial charge in [0.25, 0.3) is 5.91 Å². The summed E-state index contributed by atoms with van der Waals surface area (Å²) in [5, 5.41) is 0. The standard InChI is InChI=1S/C20H24BrN3O2/c1-23-12-6-7-15(13-23)14-24(2)20(25)16-8-5-11-22-19(16)26-18-10-4-3-9-17(18)21/h3-5,8-11,15H,6-7,12-14H2,1-2H3. The highest BCUT2D eigenvalue weighted by Crippen LogP contribution is 2.30. The smallest absolute Gasteiger partial charge is 0.259 e. The number of rotatable bonds is 5. The Hall–Kier alpha value is -1.92. The van der Waals surface area contributed by atoms with E-state index in [-0.39, 0.29) is 5.91 Å². The molecule has 0 aliphatic carbocycles. The lowest BCUT2D eigenvalue weighted by Gasteiger charge is -2.32. The molecule has 1 atom stereocenters. The number of amides is 1. The van der Waals surface area contributed by atoms with Gasteiger partial charge in [0.05, 0.1) is 4.47 Å². The molecule has 1 aromatic heterocycles. The first-order valence-electron chi connectivity index (χ1n) is 8.86. The number of pyridine rings is 1. The highest BCUT2D eigenvalue weighted by atomic mass is 79.9. The first-order chi connectivity index (χ1) is 12.5. The normalized spacial score (nSPS) is 17.7. The number of para-hydroxylation sites is 1. The number of ether oxygens (including phenoxy) is 1. The number of likely N-dealkylation sites (tertiary alicyclic amines) is 1. The fourth-order valence-electron chi connectivity index (χ4n) is 3.36. The SMILES string of the molecule is CN1CCCC(CN(C)C(=O)c2cccnc2Oc2ccccc2Br)C1. The molecular weight excluding hydrogens is 394 g/mol. The summed E-state index contributed by atoms with van der Waals surface area (Å²) in [6.07, 6.45) is 3.99. The van der Waals surface area contributed by atoms with Crippen LogP contribution in [0.5, 0.6) is 11.6 Å². The fourth-order valence-corrected chi connectivity index (χ4v) is 3.73. The highest BCUT2D eigenvalue weighted by molar-refractivity contribution is 9.10. The third-order valence-corrected chi connectivity index (χ3v) is 5.30. The second-order valence-electron chi connectivity index (χ2n) is 6.84. The van der Waals surface area contributed by atoms with Crippen molar-refractivity contribution in [2.75, 3.05) is 33.7 Å². The average Bonchev–Trinajstić information content (AvgIpc) is 2.63. The minimum absolute atomic E-state index is 0.0617. The molecule has 5 nitrogen and oxygen atoms in total. The van der Waals surface area contributed by atoms with Gasteiger partial charge < -0.3 is 14.5 Å². The van der Waals surface area contributed by atoms with Crippen molar-refractivity contribution in [2.45, 2.75) is 12.8 Å². The molecule has 0 saturated carbocycles. The lowest BCUT2D eigenvalue weighted by Crippen LogP contribution is -2.40. The van der Waals surface area contributed by atoms with Gasteiger partial charge in [0.2, 0.25) is 5.88 Å². The van der Waals surface area contributed by atoms with Gasteiger partial charge in [0, 0.05) is 26.3 Å². The summed E-state index contributed by atoms with van der Waals surface area (Å²) < 4.78 is 6.73. The number of halogens is 1. The number of hydrogen-bond donors (Lipinski definition) is 0. The number of aromatic nitrogens is 1. The lowest BCUT2D eigenvalue weighted by molar-refractivity contribution is 0.0737. The van der Waals surface area contributed by atoms with Crippen LogP contribution in [0.1, 0.15) is 23.2 Å². The number of carbonyl (C=O) groups is 1. The largest absolute Gasteiger partial charge is 0.437 e. The Labute approximate surface area is 163 Å². The van der Waals surface area contributed by atoms with Crippen LogP contribution in [0.15, 0.2) is 47.1 Å². The number of benzene rings is 1. The van der Waals surface area contributed by atoms with Crippen LogP contribution in [-0.2, 0) is 0 Å². The van der Waals surface area contributed by atoms with Gasteiger partial charge >= 0.3 is 0 Å². The molecule has 0 bridgehead atoms. The van der Waals surface area contributed by atoms with Crippen LogP contribution in [-0.4, -0.2) is 54.4 Å². The van der Waals surface area contributed by atoms with E-state index in [1.807, 2.05) is 31.3 Å². The Morgan fingerprint density at radius 3 is 2.92 bits per heavy atom. The van der Waals surface area contributed by atoms with Crippen molar-refractivity contribution in [3.05, 3.63) is 52.6 Å². The molecule has 1 saturated heterocycles. The molecule has 1 aromatic carbocycles. The molecule has 1 unspecified atom stereocenters. The van der Waals surface area contributed by atoms with Crippen LogP contribution in [0.2, 0.25) is 0 Å². The predicted octanol–water partition coefficient (Wildman–Crippen LogP) is 4.05. The molecule has 0 spiro atoms. The Kier molecular flexibility index (Phi) is 6.27. The summed E-state index contributed by atoms with van der Waals surface area (Å²) in [5.41, 5.74) is 0.481. The van der Waals surface area contributed by atoms with Gasteiger partial charge in [-0.15, -0.1) is 0 Å². The number of hydrogen-bond acceptors (Lipinski definition) is 4. The van der Waals surface area contributed by atoms with E-state index < -0.39 is 0 Å². The molecule has 1 aliphatic rings. The highest BCUT2D eigenvalue weighted by Gasteiger charge is 2.23. The predicted molar refractivity (Wildman–Crippen MR) is 106 cm³/mol. The minimum Gasteiger partial charge on any atom is -0.437 e. The maximum atomic E-state index is 13.0. The molecule has 3 rings (SSSR count). The second kappa shape index (κ2) is 8.64.